The van der Waals surface area contributed by atoms with E-state index >= 15 is 0 Å². The molecular weight excluding hydrogens is 166 g/mol. The van der Waals surface area contributed by atoms with Crippen molar-refractivity contribution in [3.8, 4) is 0 Å². The molecule has 0 saturated heterocycles. The number of nitrogens with zero attached hydrogens (tertiary/aromatic N) is 4. The molecule has 0 atom stereocenters. The van der Waals surface area contributed by atoms with Crippen LogP contribution in [0.5, 0.6) is 0 Å². The number of hydrogen-bond donors (Lipinski definition) is 1. The maximum Gasteiger partial charge on any atom is 0.204 e. The minimum atomic E-state index is 0.565. The van der Waals surface area contributed by atoms with Crippen LogP contribution in [-0.2, 0) is 6.42 Å². The number of hydrogen-bond acceptors (Lipinski definition) is 4. The lowest BCUT2D eigenvalue weighted by Crippen LogP contribution is -1.99. The molecule has 0 aromatic carbocycles. The van der Waals surface area contributed by atoms with E-state index in [2.05, 4.69) is 39.2 Å². The molecule has 2 aromatic heterocycles. The first-order valence-corrected chi connectivity index (χ1v) is 4.27. The Morgan fingerprint density at radius 3 is 2.92 bits per heavy atom. The van der Waals surface area contributed by atoms with Gasteiger partial charge in [-0.05, 0) is 12.3 Å². The van der Waals surface area contributed by atoms with Crippen LogP contribution in [0.15, 0.2) is 6.33 Å². The minimum Gasteiger partial charge on any atom is -0.239 e. The van der Waals surface area contributed by atoms with Gasteiger partial charge in [0.05, 0.1) is 5.69 Å². The Bertz CT molecular complexity index is 406. The molecule has 0 aliphatic carbocycles. The first-order valence-electron chi connectivity index (χ1n) is 4.27. The van der Waals surface area contributed by atoms with Crippen molar-refractivity contribution in [2.45, 2.75) is 20.3 Å². The molecule has 0 fully saturated rings. The van der Waals surface area contributed by atoms with Gasteiger partial charge in [-0.1, -0.05) is 13.8 Å². The Hall–Kier alpha value is -1.52. The summed E-state index contributed by atoms with van der Waals surface area (Å²) in [6.07, 6.45) is 2.44. The molecule has 0 aliphatic rings. The van der Waals surface area contributed by atoms with Crippen LogP contribution in [0.25, 0.3) is 11.2 Å². The summed E-state index contributed by atoms with van der Waals surface area (Å²) in [5.74, 6) is 0.565. The molecule has 0 bridgehead atoms. The minimum absolute atomic E-state index is 0.565. The van der Waals surface area contributed by atoms with Gasteiger partial charge in [-0.3, -0.25) is 0 Å². The zero-order valence-corrected chi connectivity index (χ0v) is 7.65. The van der Waals surface area contributed by atoms with Crippen molar-refractivity contribution in [2.75, 3.05) is 0 Å². The van der Waals surface area contributed by atoms with Crippen LogP contribution in [-0.4, -0.2) is 25.4 Å². The fraction of sp³-hybridized carbons (Fsp3) is 0.500. The summed E-state index contributed by atoms with van der Waals surface area (Å²) in [5, 5.41) is 10.5. The van der Waals surface area contributed by atoms with E-state index in [4.69, 9.17) is 0 Å². The molecule has 0 amide bonds. The molecule has 13 heavy (non-hydrogen) atoms. The molecule has 2 rings (SSSR count). The average molecular weight is 177 g/mol. The maximum absolute atomic E-state index is 4.19. The second-order valence-electron chi connectivity index (χ2n) is 3.41. The van der Waals surface area contributed by atoms with Crippen LogP contribution in [0.4, 0.5) is 0 Å². The number of H-pyrrole nitrogens is 1. The maximum atomic E-state index is 4.19. The van der Waals surface area contributed by atoms with Crippen molar-refractivity contribution >= 4 is 11.2 Å². The zero-order chi connectivity index (χ0) is 9.26. The first-order chi connectivity index (χ1) is 6.27. The van der Waals surface area contributed by atoms with Crippen LogP contribution in [0.2, 0.25) is 0 Å². The van der Waals surface area contributed by atoms with Gasteiger partial charge >= 0.3 is 0 Å². The standard InChI is InChI=1S/C8H11N5/c1-5(2)3-6-7-8(10-4-9-6)12-13-11-7/h4-5H,3H2,1-2H3,(H,9,10,11,12,13). The van der Waals surface area contributed by atoms with Gasteiger partial charge in [-0.25, -0.2) is 9.97 Å². The third-order valence-corrected chi connectivity index (χ3v) is 1.80. The number of nitrogens with one attached hydrogen (secondary N) is 1. The summed E-state index contributed by atoms with van der Waals surface area (Å²) < 4.78 is 0. The van der Waals surface area contributed by atoms with Crippen molar-refractivity contribution < 1.29 is 0 Å². The van der Waals surface area contributed by atoms with Gasteiger partial charge in [0, 0.05) is 0 Å². The molecular formula is C8H11N5. The van der Waals surface area contributed by atoms with Crippen molar-refractivity contribution in [2.24, 2.45) is 5.92 Å². The summed E-state index contributed by atoms with van der Waals surface area (Å²) in [4.78, 5) is 8.18. The van der Waals surface area contributed by atoms with Crippen LogP contribution < -0.4 is 0 Å². The monoisotopic (exact) mass is 177 g/mol. The van der Waals surface area contributed by atoms with E-state index in [9.17, 15) is 0 Å². The SMILES string of the molecule is CC(C)Cc1ncnc2n[nH]nc12. The van der Waals surface area contributed by atoms with Gasteiger partial charge in [-0.2, -0.15) is 10.3 Å². The van der Waals surface area contributed by atoms with Crippen molar-refractivity contribution in [1.29, 1.82) is 0 Å². The van der Waals surface area contributed by atoms with Crippen LogP contribution >= 0.6 is 0 Å². The smallest absolute Gasteiger partial charge is 0.204 e. The van der Waals surface area contributed by atoms with E-state index in [-0.39, 0.29) is 0 Å². The molecule has 0 aliphatic heterocycles. The second-order valence-corrected chi connectivity index (χ2v) is 3.41. The Morgan fingerprint density at radius 2 is 2.15 bits per heavy atom. The normalized spacial score (nSPS) is 11.3. The summed E-state index contributed by atoms with van der Waals surface area (Å²) in [6.45, 7) is 4.29. The summed E-state index contributed by atoms with van der Waals surface area (Å²) in [7, 11) is 0. The molecule has 0 saturated carbocycles. The highest BCUT2D eigenvalue weighted by atomic mass is 15.3. The third kappa shape index (κ3) is 1.49. The molecule has 2 aromatic rings. The Labute approximate surface area is 75.6 Å². The largest absolute Gasteiger partial charge is 0.239 e. The molecule has 0 unspecified atom stereocenters. The lowest BCUT2D eigenvalue weighted by Gasteiger charge is -2.02. The van der Waals surface area contributed by atoms with E-state index in [1.54, 1.807) is 0 Å². The van der Waals surface area contributed by atoms with Crippen LogP contribution in [0.3, 0.4) is 0 Å². The van der Waals surface area contributed by atoms with Crippen LogP contribution in [0.1, 0.15) is 19.5 Å². The van der Waals surface area contributed by atoms with E-state index < -0.39 is 0 Å². The average Bonchev–Trinajstić information content (AvgIpc) is 2.51. The second kappa shape index (κ2) is 3.08. The van der Waals surface area contributed by atoms with Gasteiger partial charge in [-0.15, -0.1) is 5.10 Å². The predicted molar refractivity (Wildman–Crippen MR) is 48.0 cm³/mol. The van der Waals surface area contributed by atoms with Gasteiger partial charge < -0.3 is 0 Å². The van der Waals surface area contributed by atoms with Gasteiger partial charge in [0.25, 0.3) is 0 Å². The Morgan fingerprint density at radius 1 is 1.31 bits per heavy atom. The predicted octanol–water partition coefficient (Wildman–Crippen LogP) is 0.946. The summed E-state index contributed by atoms with van der Waals surface area (Å²) in [5.41, 5.74) is 2.40. The number of fused-ring (bicyclic) bond motifs is 1. The lowest BCUT2D eigenvalue weighted by atomic mass is 10.1. The van der Waals surface area contributed by atoms with Crippen molar-refractivity contribution in [1.82, 2.24) is 25.4 Å². The zero-order valence-electron chi connectivity index (χ0n) is 7.65. The molecule has 1 N–H and O–H groups in total. The third-order valence-electron chi connectivity index (χ3n) is 1.80. The molecule has 0 radical (unpaired) electrons. The molecule has 0 spiro atoms. The number of aromatic nitrogens is 5. The highest BCUT2D eigenvalue weighted by molar-refractivity contribution is 5.70. The highest BCUT2D eigenvalue weighted by Gasteiger charge is 2.08. The first kappa shape index (κ1) is 8.10. The highest BCUT2D eigenvalue weighted by Crippen LogP contribution is 2.12. The fourth-order valence-corrected chi connectivity index (χ4v) is 1.26. The van der Waals surface area contributed by atoms with Crippen molar-refractivity contribution in [3.05, 3.63) is 12.0 Å². The van der Waals surface area contributed by atoms with Gasteiger partial charge in [0.2, 0.25) is 5.65 Å². The topological polar surface area (TPSA) is 67.3 Å². The lowest BCUT2D eigenvalue weighted by molar-refractivity contribution is 0.637. The molecule has 68 valence electrons. The van der Waals surface area contributed by atoms with Crippen LogP contribution in [0, 0.1) is 5.92 Å². The van der Waals surface area contributed by atoms with Gasteiger partial charge in [0.1, 0.15) is 6.33 Å². The fourth-order valence-electron chi connectivity index (χ4n) is 1.26. The summed E-state index contributed by atoms with van der Waals surface area (Å²) >= 11 is 0. The quantitative estimate of drug-likeness (QED) is 0.741. The molecule has 2 heterocycles. The Kier molecular flexibility index (Phi) is 1.92. The van der Waals surface area contributed by atoms with E-state index in [1.165, 1.54) is 6.33 Å². The number of aromatic amines is 1. The molecule has 5 nitrogen and oxygen atoms in total. The Balaban J connectivity index is 2.48. The van der Waals surface area contributed by atoms with E-state index in [0.717, 1.165) is 17.6 Å². The number of rotatable bonds is 2. The van der Waals surface area contributed by atoms with Gasteiger partial charge in [0.15, 0.2) is 5.52 Å². The molecule has 5 heteroatoms. The van der Waals surface area contributed by atoms with Crippen molar-refractivity contribution in [3.63, 3.8) is 0 Å². The van der Waals surface area contributed by atoms with E-state index in [0.29, 0.717) is 11.6 Å². The summed E-state index contributed by atoms with van der Waals surface area (Å²) in [6, 6.07) is 0. The van der Waals surface area contributed by atoms with E-state index in [1.807, 2.05) is 0 Å².